The Bertz CT molecular complexity index is 640. The highest BCUT2D eigenvalue weighted by molar-refractivity contribution is 5.80. The van der Waals surface area contributed by atoms with Crippen LogP contribution in [-0.2, 0) is 11.8 Å². The lowest BCUT2D eigenvalue weighted by Crippen LogP contribution is -2.36. The highest BCUT2D eigenvalue weighted by Crippen LogP contribution is 2.19. The smallest absolute Gasteiger partial charge is 0.407 e. The van der Waals surface area contributed by atoms with Crippen molar-refractivity contribution in [3.63, 3.8) is 0 Å². The number of ether oxygens (including phenoxy) is 1. The molecule has 21 heavy (non-hydrogen) atoms. The number of benzene rings is 1. The summed E-state index contributed by atoms with van der Waals surface area (Å²) in [4.78, 5) is 11.6. The number of amides is 1. The number of fused-ring (bicyclic) bond motifs is 1. The molecule has 0 spiro atoms. The van der Waals surface area contributed by atoms with Crippen molar-refractivity contribution in [1.82, 2.24) is 9.88 Å². The summed E-state index contributed by atoms with van der Waals surface area (Å²) >= 11 is 0. The molecule has 5 heteroatoms. The van der Waals surface area contributed by atoms with Crippen LogP contribution in [-0.4, -0.2) is 22.8 Å². The minimum atomic E-state index is -0.504. The van der Waals surface area contributed by atoms with Crippen LogP contribution in [0, 0.1) is 0 Å². The van der Waals surface area contributed by atoms with E-state index >= 15 is 0 Å². The van der Waals surface area contributed by atoms with Crippen molar-refractivity contribution in [1.29, 1.82) is 0 Å². The minimum Gasteiger partial charge on any atom is -0.444 e. The fourth-order valence-corrected chi connectivity index (χ4v) is 2.14. The average molecular weight is 289 g/mol. The van der Waals surface area contributed by atoms with Crippen molar-refractivity contribution in [2.24, 2.45) is 12.8 Å². The minimum absolute atomic E-state index is 0.267. The van der Waals surface area contributed by atoms with Gasteiger partial charge in [0.2, 0.25) is 0 Å². The molecule has 2 aromatic rings. The number of carbonyl (C=O) groups excluding carboxylic acids is 1. The van der Waals surface area contributed by atoms with E-state index in [0.29, 0.717) is 6.54 Å². The fraction of sp³-hybridized carbons (Fsp3) is 0.438. The van der Waals surface area contributed by atoms with Crippen LogP contribution in [0.2, 0.25) is 0 Å². The molecule has 0 aliphatic heterocycles. The van der Waals surface area contributed by atoms with Crippen molar-refractivity contribution in [2.75, 3.05) is 6.54 Å². The van der Waals surface area contributed by atoms with E-state index in [1.807, 2.05) is 50.7 Å². The van der Waals surface area contributed by atoms with Gasteiger partial charge in [-0.05, 0) is 43.9 Å². The first-order valence-electron chi connectivity index (χ1n) is 7.04. The molecule has 1 aromatic heterocycles. The van der Waals surface area contributed by atoms with Crippen LogP contribution < -0.4 is 11.1 Å². The van der Waals surface area contributed by atoms with E-state index in [1.165, 1.54) is 5.39 Å². The van der Waals surface area contributed by atoms with Crippen LogP contribution in [0.4, 0.5) is 4.79 Å². The third-order valence-electron chi connectivity index (χ3n) is 3.21. The zero-order chi connectivity index (χ0) is 15.6. The van der Waals surface area contributed by atoms with Gasteiger partial charge in [0, 0.05) is 31.3 Å². The van der Waals surface area contributed by atoms with Gasteiger partial charge in [0.1, 0.15) is 5.60 Å². The molecule has 0 aliphatic carbocycles. The van der Waals surface area contributed by atoms with E-state index in [9.17, 15) is 4.79 Å². The first-order chi connectivity index (χ1) is 9.76. The van der Waals surface area contributed by atoms with Gasteiger partial charge in [0.05, 0.1) is 0 Å². The summed E-state index contributed by atoms with van der Waals surface area (Å²) in [5.74, 6) is 0. The van der Waals surface area contributed by atoms with Crippen molar-refractivity contribution in [2.45, 2.75) is 32.4 Å². The molecule has 0 bridgehead atoms. The molecular weight excluding hydrogens is 266 g/mol. The van der Waals surface area contributed by atoms with Gasteiger partial charge in [0.15, 0.2) is 0 Å². The summed E-state index contributed by atoms with van der Waals surface area (Å²) in [5.41, 5.74) is 7.75. The second-order valence-electron chi connectivity index (χ2n) is 6.23. The standard InChI is InChI=1S/C16H23N3O2/c1-16(2,3)21-15(20)18-10-13(17)12-6-5-11-7-8-19(4)14(11)9-12/h5-9,13H,10,17H2,1-4H3,(H,18,20). The van der Waals surface area contributed by atoms with Gasteiger partial charge in [-0.25, -0.2) is 4.79 Å². The Morgan fingerprint density at radius 2 is 2.10 bits per heavy atom. The molecule has 0 fully saturated rings. The molecule has 0 saturated carbocycles. The molecule has 114 valence electrons. The van der Waals surface area contributed by atoms with Gasteiger partial charge in [-0.1, -0.05) is 12.1 Å². The molecular formula is C16H23N3O2. The number of carbonyl (C=O) groups is 1. The highest BCUT2D eigenvalue weighted by atomic mass is 16.6. The molecule has 0 saturated heterocycles. The Kier molecular flexibility index (Phi) is 4.23. The van der Waals surface area contributed by atoms with Gasteiger partial charge >= 0.3 is 6.09 Å². The topological polar surface area (TPSA) is 69.3 Å². The summed E-state index contributed by atoms with van der Waals surface area (Å²) in [6, 6.07) is 7.87. The number of aromatic nitrogens is 1. The predicted molar refractivity (Wildman–Crippen MR) is 84.1 cm³/mol. The molecule has 1 amide bonds. The van der Waals surface area contributed by atoms with E-state index in [2.05, 4.69) is 17.4 Å². The lowest BCUT2D eigenvalue weighted by Gasteiger charge is -2.21. The third kappa shape index (κ3) is 3.98. The van der Waals surface area contributed by atoms with Crippen molar-refractivity contribution < 1.29 is 9.53 Å². The van der Waals surface area contributed by atoms with E-state index in [4.69, 9.17) is 10.5 Å². The number of hydrogen-bond acceptors (Lipinski definition) is 3. The summed E-state index contributed by atoms with van der Waals surface area (Å²) in [5, 5.41) is 3.88. The lowest BCUT2D eigenvalue weighted by molar-refractivity contribution is 0.0524. The number of nitrogens with zero attached hydrogens (tertiary/aromatic N) is 1. The first-order valence-corrected chi connectivity index (χ1v) is 7.04. The Hall–Kier alpha value is -2.01. The Balaban J connectivity index is 2.00. The summed E-state index contributed by atoms with van der Waals surface area (Å²) < 4.78 is 7.24. The van der Waals surface area contributed by atoms with Crippen molar-refractivity contribution >= 4 is 17.0 Å². The molecule has 0 radical (unpaired) electrons. The van der Waals surface area contributed by atoms with Crippen LogP contribution >= 0.6 is 0 Å². The molecule has 3 N–H and O–H groups in total. The van der Waals surface area contributed by atoms with Gasteiger partial charge in [-0.2, -0.15) is 0 Å². The van der Waals surface area contributed by atoms with Crippen molar-refractivity contribution in [3.8, 4) is 0 Å². The molecule has 1 atom stereocenters. The van der Waals surface area contributed by atoms with Crippen LogP contribution in [0.1, 0.15) is 32.4 Å². The summed E-state index contributed by atoms with van der Waals surface area (Å²) in [6.07, 6.45) is 1.57. The average Bonchev–Trinajstić information content (AvgIpc) is 2.75. The van der Waals surface area contributed by atoms with Gasteiger partial charge in [-0.15, -0.1) is 0 Å². The van der Waals surface area contributed by atoms with Crippen molar-refractivity contribution in [3.05, 3.63) is 36.0 Å². The maximum absolute atomic E-state index is 11.6. The Morgan fingerprint density at radius 3 is 2.76 bits per heavy atom. The lowest BCUT2D eigenvalue weighted by atomic mass is 10.1. The van der Waals surface area contributed by atoms with Gasteiger partial charge in [-0.3, -0.25) is 0 Å². The zero-order valence-corrected chi connectivity index (χ0v) is 13.0. The number of hydrogen-bond donors (Lipinski definition) is 2. The fourth-order valence-electron chi connectivity index (χ4n) is 2.14. The molecule has 1 heterocycles. The number of nitrogens with one attached hydrogen (secondary N) is 1. The Labute approximate surface area is 125 Å². The van der Waals surface area contributed by atoms with Crippen LogP contribution in [0.3, 0.4) is 0 Å². The molecule has 2 rings (SSSR count). The highest BCUT2D eigenvalue weighted by Gasteiger charge is 2.17. The maximum atomic E-state index is 11.6. The predicted octanol–water partition coefficient (Wildman–Crippen LogP) is 2.70. The normalized spacial score (nSPS) is 13.2. The second kappa shape index (κ2) is 5.77. The van der Waals surface area contributed by atoms with Gasteiger partial charge < -0.3 is 20.4 Å². The number of nitrogens with two attached hydrogens (primary N) is 1. The maximum Gasteiger partial charge on any atom is 0.407 e. The largest absolute Gasteiger partial charge is 0.444 e. The van der Waals surface area contributed by atoms with E-state index in [1.54, 1.807) is 0 Å². The Morgan fingerprint density at radius 1 is 1.38 bits per heavy atom. The van der Waals surface area contributed by atoms with Crippen LogP contribution in [0.5, 0.6) is 0 Å². The first kappa shape index (κ1) is 15.4. The zero-order valence-electron chi connectivity index (χ0n) is 13.0. The molecule has 1 unspecified atom stereocenters. The summed E-state index contributed by atoms with van der Waals surface area (Å²) in [7, 11) is 2.00. The summed E-state index contributed by atoms with van der Waals surface area (Å²) in [6.45, 7) is 5.83. The number of aryl methyl sites for hydroxylation is 1. The monoisotopic (exact) mass is 289 g/mol. The van der Waals surface area contributed by atoms with Gasteiger partial charge in [0.25, 0.3) is 0 Å². The van der Waals surface area contributed by atoms with Crippen LogP contribution in [0.25, 0.3) is 10.9 Å². The van der Waals surface area contributed by atoms with Crippen LogP contribution in [0.15, 0.2) is 30.5 Å². The van der Waals surface area contributed by atoms with E-state index < -0.39 is 11.7 Å². The SMILES string of the molecule is Cn1ccc2ccc(C(N)CNC(=O)OC(C)(C)C)cc21. The second-order valence-corrected chi connectivity index (χ2v) is 6.23. The quantitative estimate of drug-likeness (QED) is 0.912. The number of rotatable bonds is 3. The third-order valence-corrected chi connectivity index (χ3v) is 3.21. The van der Waals surface area contributed by atoms with E-state index in [-0.39, 0.29) is 6.04 Å². The van der Waals surface area contributed by atoms with E-state index in [0.717, 1.165) is 11.1 Å². The molecule has 0 aliphatic rings. The molecule has 1 aromatic carbocycles. The molecule has 5 nitrogen and oxygen atoms in total. The number of alkyl carbamates (subject to hydrolysis) is 1.